The second-order valence-corrected chi connectivity index (χ2v) is 3.85. The van der Waals surface area contributed by atoms with Crippen molar-refractivity contribution in [3.8, 4) is 5.88 Å². The topological polar surface area (TPSA) is 63.2 Å². The van der Waals surface area contributed by atoms with Crippen LogP contribution in [-0.4, -0.2) is 30.1 Å². The molecule has 1 heterocycles. The number of nitrogens with zero attached hydrogens (tertiary/aromatic N) is 1. The van der Waals surface area contributed by atoms with Crippen LogP contribution in [-0.2, 0) is 4.79 Å². The van der Waals surface area contributed by atoms with Crippen LogP contribution in [0.4, 0.5) is 5.69 Å². The van der Waals surface area contributed by atoms with Crippen LogP contribution in [0.15, 0.2) is 18.3 Å². The third-order valence-corrected chi connectivity index (χ3v) is 1.93. The van der Waals surface area contributed by atoms with E-state index in [-0.39, 0.29) is 18.6 Å². The predicted octanol–water partition coefficient (Wildman–Crippen LogP) is 1.42. The van der Waals surface area contributed by atoms with Crippen LogP contribution in [0.3, 0.4) is 0 Å². The first-order valence-electron chi connectivity index (χ1n) is 5.75. The van der Waals surface area contributed by atoms with E-state index in [1.165, 1.54) is 0 Å². The number of hydrogen-bond donors (Lipinski definition) is 2. The van der Waals surface area contributed by atoms with Gasteiger partial charge in [0, 0.05) is 6.20 Å². The Morgan fingerprint density at radius 3 is 2.94 bits per heavy atom. The normalized spacial score (nSPS) is 10.4. The molecule has 0 saturated heterocycles. The monoisotopic (exact) mass is 237 g/mol. The molecule has 0 saturated carbocycles. The van der Waals surface area contributed by atoms with E-state index in [1.54, 1.807) is 18.3 Å². The van der Waals surface area contributed by atoms with Gasteiger partial charge in [-0.15, -0.1) is 0 Å². The molecule has 1 rings (SSSR count). The Morgan fingerprint density at radius 2 is 2.29 bits per heavy atom. The summed E-state index contributed by atoms with van der Waals surface area (Å²) < 4.78 is 5.50. The Labute approximate surface area is 102 Å². The number of aromatic nitrogens is 1. The lowest BCUT2D eigenvalue weighted by atomic mass is 10.3. The summed E-state index contributed by atoms with van der Waals surface area (Å²) in [5.74, 6) is 0.348. The lowest BCUT2D eigenvalue weighted by Gasteiger charge is -2.13. The Morgan fingerprint density at radius 1 is 1.53 bits per heavy atom. The fourth-order valence-electron chi connectivity index (χ4n) is 1.24. The summed E-state index contributed by atoms with van der Waals surface area (Å²) in [6.45, 7) is 6.82. The maximum atomic E-state index is 11.6. The Kier molecular flexibility index (Phi) is 5.42. The summed E-state index contributed by atoms with van der Waals surface area (Å²) in [6.07, 6.45) is 1.66. The van der Waals surface area contributed by atoms with Gasteiger partial charge >= 0.3 is 0 Å². The number of carbonyl (C=O) groups is 1. The maximum absolute atomic E-state index is 11.6. The molecule has 0 aliphatic carbocycles. The minimum Gasteiger partial charge on any atom is -0.473 e. The highest BCUT2D eigenvalue weighted by Crippen LogP contribution is 2.21. The molecule has 1 aromatic heterocycles. The summed E-state index contributed by atoms with van der Waals surface area (Å²) in [4.78, 5) is 15.6. The molecule has 1 aromatic rings. The molecule has 1 amide bonds. The van der Waals surface area contributed by atoms with Crippen LogP contribution in [0.2, 0.25) is 0 Å². The van der Waals surface area contributed by atoms with Crippen molar-refractivity contribution in [3.05, 3.63) is 18.3 Å². The highest BCUT2D eigenvalue weighted by molar-refractivity contribution is 5.93. The fraction of sp³-hybridized carbons (Fsp3) is 0.500. The maximum Gasteiger partial charge on any atom is 0.238 e. The van der Waals surface area contributed by atoms with Crippen LogP contribution in [0.1, 0.15) is 20.8 Å². The third-order valence-electron chi connectivity index (χ3n) is 1.93. The molecular weight excluding hydrogens is 218 g/mol. The van der Waals surface area contributed by atoms with Gasteiger partial charge in [-0.25, -0.2) is 4.98 Å². The van der Waals surface area contributed by atoms with Crippen molar-refractivity contribution in [1.82, 2.24) is 10.3 Å². The lowest BCUT2D eigenvalue weighted by Crippen LogP contribution is -2.28. The number of anilines is 1. The molecule has 94 valence electrons. The van der Waals surface area contributed by atoms with Crippen molar-refractivity contribution in [2.45, 2.75) is 26.9 Å². The van der Waals surface area contributed by atoms with Gasteiger partial charge in [0.1, 0.15) is 5.69 Å². The number of rotatable bonds is 6. The van der Waals surface area contributed by atoms with E-state index in [2.05, 4.69) is 15.6 Å². The van der Waals surface area contributed by atoms with Crippen LogP contribution >= 0.6 is 0 Å². The highest BCUT2D eigenvalue weighted by atomic mass is 16.5. The molecule has 0 bridgehead atoms. The van der Waals surface area contributed by atoms with Crippen molar-refractivity contribution < 1.29 is 9.53 Å². The van der Waals surface area contributed by atoms with Crippen LogP contribution < -0.4 is 15.4 Å². The van der Waals surface area contributed by atoms with Crippen molar-refractivity contribution in [2.75, 3.05) is 18.4 Å². The zero-order valence-electron chi connectivity index (χ0n) is 10.5. The first kappa shape index (κ1) is 13.4. The highest BCUT2D eigenvalue weighted by Gasteiger charge is 2.09. The number of likely N-dealkylation sites (N-methyl/N-ethyl adjacent to an activating group) is 1. The summed E-state index contributed by atoms with van der Waals surface area (Å²) >= 11 is 0. The molecule has 2 N–H and O–H groups in total. The fourth-order valence-corrected chi connectivity index (χ4v) is 1.24. The molecule has 0 fully saturated rings. The van der Waals surface area contributed by atoms with E-state index in [0.717, 1.165) is 6.54 Å². The summed E-state index contributed by atoms with van der Waals surface area (Å²) in [5.41, 5.74) is 0.601. The van der Waals surface area contributed by atoms with Gasteiger partial charge in [-0.1, -0.05) is 6.92 Å². The molecule has 0 unspecified atom stereocenters. The molecule has 0 spiro atoms. The van der Waals surface area contributed by atoms with Gasteiger partial charge in [-0.3, -0.25) is 4.79 Å². The molecular formula is C12H19N3O2. The Bertz CT molecular complexity index is 367. The third kappa shape index (κ3) is 4.82. The largest absolute Gasteiger partial charge is 0.473 e. The van der Waals surface area contributed by atoms with E-state index >= 15 is 0 Å². The number of nitrogens with one attached hydrogen (secondary N) is 2. The standard InChI is InChI=1S/C12H19N3O2/c1-4-13-8-11(16)15-10-6-5-7-14-12(10)17-9(2)3/h5-7,9,13H,4,8H2,1-3H3,(H,15,16). The van der Waals surface area contributed by atoms with Gasteiger partial charge in [0.25, 0.3) is 0 Å². The van der Waals surface area contributed by atoms with Crippen molar-refractivity contribution in [2.24, 2.45) is 0 Å². The average molecular weight is 237 g/mol. The minimum atomic E-state index is -0.103. The Balaban J connectivity index is 2.66. The lowest BCUT2D eigenvalue weighted by molar-refractivity contribution is -0.115. The summed E-state index contributed by atoms with van der Waals surface area (Å²) in [6, 6.07) is 3.53. The van der Waals surface area contributed by atoms with Gasteiger partial charge in [-0.05, 0) is 32.5 Å². The van der Waals surface area contributed by atoms with Gasteiger partial charge in [0.2, 0.25) is 11.8 Å². The number of carbonyl (C=O) groups excluding carboxylic acids is 1. The number of hydrogen-bond acceptors (Lipinski definition) is 4. The van der Waals surface area contributed by atoms with E-state index < -0.39 is 0 Å². The van der Waals surface area contributed by atoms with Crippen molar-refractivity contribution in [1.29, 1.82) is 0 Å². The molecule has 0 aliphatic heterocycles. The smallest absolute Gasteiger partial charge is 0.238 e. The van der Waals surface area contributed by atoms with Crippen LogP contribution in [0.25, 0.3) is 0 Å². The van der Waals surface area contributed by atoms with Crippen molar-refractivity contribution in [3.63, 3.8) is 0 Å². The van der Waals surface area contributed by atoms with E-state index in [4.69, 9.17) is 4.74 Å². The first-order chi connectivity index (χ1) is 8.13. The quantitative estimate of drug-likeness (QED) is 0.785. The number of ether oxygens (including phenoxy) is 1. The Hall–Kier alpha value is -1.62. The van der Waals surface area contributed by atoms with Gasteiger partial charge in [0.05, 0.1) is 12.6 Å². The molecule has 0 radical (unpaired) electrons. The predicted molar refractivity (Wildman–Crippen MR) is 67.2 cm³/mol. The molecule has 5 nitrogen and oxygen atoms in total. The molecule has 0 aromatic carbocycles. The van der Waals surface area contributed by atoms with Gasteiger partial charge in [0.15, 0.2) is 0 Å². The zero-order chi connectivity index (χ0) is 12.7. The number of amides is 1. The molecule has 5 heteroatoms. The van der Waals surface area contributed by atoms with Crippen molar-refractivity contribution >= 4 is 11.6 Å². The van der Waals surface area contributed by atoms with Gasteiger partial charge in [-0.2, -0.15) is 0 Å². The minimum absolute atomic E-state index is 0.0225. The van der Waals surface area contributed by atoms with E-state index in [9.17, 15) is 4.79 Å². The summed E-state index contributed by atoms with van der Waals surface area (Å²) in [7, 11) is 0. The van der Waals surface area contributed by atoms with Crippen LogP contribution in [0.5, 0.6) is 5.88 Å². The number of pyridine rings is 1. The molecule has 0 aliphatic rings. The van der Waals surface area contributed by atoms with Gasteiger partial charge < -0.3 is 15.4 Å². The summed E-state index contributed by atoms with van der Waals surface area (Å²) in [5, 5.41) is 5.72. The van der Waals surface area contributed by atoms with E-state index in [0.29, 0.717) is 11.6 Å². The van der Waals surface area contributed by atoms with Crippen LogP contribution in [0, 0.1) is 0 Å². The molecule has 0 atom stereocenters. The SMILES string of the molecule is CCNCC(=O)Nc1cccnc1OC(C)C. The first-order valence-corrected chi connectivity index (χ1v) is 5.75. The molecule has 17 heavy (non-hydrogen) atoms. The zero-order valence-corrected chi connectivity index (χ0v) is 10.5. The second kappa shape index (κ2) is 6.85. The average Bonchev–Trinajstić information content (AvgIpc) is 2.28. The second-order valence-electron chi connectivity index (χ2n) is 3.85. The van der Waals surface area contributed by atoms with E-state index in [1.807, 2.05) is 20.8 Å².